The van der Waals surface area contributed by atoms with Gasteiger partial charge in [0, 0.05) is 24.9 Å². The van der Waals surface area contributed by atoms with E-state index in [9.17, 15) is 4.79 Å². The first-order chi connectivity index (χ1) is 10.3. The van der Waals surface area contributed by atoms with Gasteiger partial charge in [0.15, 0.2) is 5.82 Å². The van der Waals surface area contributed by atoms with Crippen LogP contribution in [0, 0.1) is 5.92 Å². The Hall–Kier alpha value is -1.43. The number of aromatic nitrogens is 2. The van der Waals surface area contributed by atoms with E-state index in [1.54, 1.807) is 0 Å². The number of likely N-dealkylation sites (tertiary alicyclic amines) is 1. The summed E-state index contributed by atoms with van der Waals surface area (Å²) in [5.41, 5.74) is 0. The maximum absolute atomic E-state index is 12.1. The van der Waals surface area contributed by atoms with E-state index in [0.717, 1.165) is 38.1 Å². The van der Waals surface area contributed by atoms with Crippen molar-refractivity contribution in [1.82, 2.24) is 15.0 Å². The minimum absolute atomic E-state index is 0.0951. The van der Waals surface area contributed by atoms with Gasteiger partial charge in [0.1, 0.15) is 6.61 Å². The lowest BCUT2D eigenvalue weighted by Crippen LogP contribution is -2.43. The Balaban J connectivity index is 1.28. The smallest absolute Gasteiger partial charge is 0.252 e. The van der Waals surface area contributed by atoms with Crippen LogP contribution in [-0.4, -0.2) is 40.1 Å². The standard InChI is InChI=1S/C15H21N3O3/c19-15(11-5-6-11)18-7-1-2-12(8-18)20-9-13-16-14(17-21-13)10-3-4-10/h10-12H,1-9H2. The number of carbonyl (C=O) groups is 1. The first-order valence-electron chi connectivity index (χ1n) is 8.02. The molecule has 3 fully saturated rings. The predicted octanol–water partition coefficient (Wildman–Crippen LogP) is 1.86. The van der Waals surface area contributed by atoms with E-state index in [1.807, 2.05) is 4.90 Å². The second-order valence-corrected chi connectivity index (χ2v) is 6.45. The van der Waals surface area contributed by atoms with E-state index < -0.39 is 0 Å². The molecule has 1 atom stereocenters. The van der Waals surface area contributed by atoms with Crippen LogP contribution in [0.2, 0.25) is 0 Å². The lowest BCUT2D eigenvalue weighted by Gasteiger charge is -2.32. The monoisotopic (exact) mass is 291 g/mol. The molecule has 6 heteroatoms. The molecule has 1 aromatic heterocycles. The van der Waals surface area contributed by atoms with Gasteiger partial charge in [0.25, 0.3) is 5.89 Å². The zero-order valence-corrected chi connectivity index (χ0v) is 12.2. The molecule has 3 aliphatic rings. The first-order valence-corrected chi connectivity index (χ1v) is 8.02. The van der Waals surface area contributed by atoms with Gasteiger partial charge in [0.05, 0.1) is 6.10 Å². The molecule has 0 aromatic carbocycles. The largest absolute Gasteiger partial charge is 0.367 e. The molecule has 2 heterocycles. The van der Waals surface area contributed by atoms with Crippen molar-refractivity contribution in [1.29, 1.82) is 0 Å². The molecule has 114 valence electrons. The van der Waals surface area contributed by atoms with Crippen LogP contribution >= 0.6 is 0 Å². The van der Waals surface area contributed by atoms with Gasteiger partial charge in [-0.25, -0.2) is 0 Å². The lowest BCUT2D eigenvalue weighted by molar-refractivity contribution is -0.137. The van der Waals surface area contributed by atoms with Gasteiger partial charge in [-0.05, 0) is 38.5 Å². The fourth-order valence-electron chi connectivity index (χ4n) is 2.89. The highest BCUT2D eigenvalue weighted by Gasteiger charge is 2.35. The summed E-state index contributed by atoms with van der Waals surface area (Å²) in [5.74, 6) is 2.49. The fourth-order valence-corrected chi connectivity index (χ4v) is 2.89. The predicted molar refractivity (Wildman–Crippen MR) is 73.4 cm³/mol. The highest BCUT2D eigenvalue weighted by atomic mass is 16.5. The number of amides is 1. The summed E-state index contributed by atoms with van der Waals surface area (Å²) in [6, 6.07) is 0. The van der Waals surface area contributed by atoms with Gasteiger partial charge in [-0.15, -0.1) is 0 Å². The number of nitrogens with zero attached hydrogens (tertiary/aromatic N) is 3. The minimum atomic E-state index is 0.0951. The molecule has 1 amide bonds. The van der Waals surface area contributed by atoms with Crippen LogP contribution < -0.4 is 0 Å². The van der Waals surface area contributed by atoms with Crippen LogP contribution in [0.5, 0.6) is 0 Å². The summed E-state index contributed by atoms with van der Waals surface area (Å²) in [6.07, 6.45) is 6.57. The topological polar surface area (TPSA) is 68.5 Å². The van der Waals surface area contributed by atoms with Crippen LogP contribution in [0.25, 0.3) is 0 Å². The summed E-state index contributed by atoms with van der Waals surface area (Å²) in [7, 11) is 0. The van der Waals surface area contributed by atoms with E-state index >= 15 is 0 Å². The summed E-state index contributed by atoms with van der Waals surface area (Å²) in [5, 5.41) is 3.99. The molecule has 2 saturated carbocycles. The normalized spacial score (nSPS) is 26.1. The van der Waals surface area contributed by atoms with E-state index in [4.69, 9.17) is 9.26 Å². The van der Waals surface area contributed by atoms with Crippen LogP contribution in [-0.2, 0) is 16.1 Å². The Morgan fingerprint density at radius 2 is 2.14 bits per heavy atom. The maximum Gasteiger partial charge on any atom is 0.252 e. The van der Waals surface area contributed by atoms with Gasteiger partial charge >= 0.3 is 0 Å². The third-order valence-electron chi connectivity index (χ3n) is 4.49. The molecule has 0 radical (unpaired) electrons. The molecule has 0 spiro atoms. The molecule has 4 rings (SSSR count). The molecule has 1 unspecified atom stereocenters. The van der Waals surface area contributed by atoms with E-state index in [0.29, 0.717) is 36.8 Å². The molecule has 2 aliphatic carbocycles. The Labute approximate surface area is 123 Å². The molecule has 1 aromatic rings. The molecule has 6 nitrogen and oxygen atoms in total. The average molecular weight is 291 g/mol. The van der Waals surface area contributed by atoms with Crippen molar-refractivity contribution in [3.63, 3.8) is 0 Å². The third kappa shape index (κ3) is 3.10. The van der Waals surface area contributed by atoms with E-state index in [-0.39, 0.29) is 6.10 Å². The summed E-state index contributed by atoms with van der Waals surface area (Å²) < 4.78 is 11.1. The summed E-state index contributed by atoms with van der Waals surface area (Å²) in [6.45, 7) is 1.94. The highest BCUT2D eigenvalue weighted by Crippen LogP contribution is 2.38. The Kier molecular flexibility index (Phi) is 3.41. The summed E-state index contributed by atoms with van der Waals surface area (Å²) >= 11 is 0. The second-order valence-electron chi connectivity index (χ2n) is 6.45. The second kappa shape index (κ2) is 5.40. The quantitative estimate of drug-likeness (QED) is 0.828. The molecule has 0 N–H and O–H groups in total. The van der Waals surface area contributed by atoms with Crippen molar-refractivity contribution in [2.75, 3.05) is 13.1 Å². The number of rotatable bonds is 5. The molecule has 1 saturated heterocycles. The van der Waals surface area contributed by atoms with Gasteiger partial charge in [0.2, 0.25) is 5.91 Å². The van der Waals surface area contributed by atoms with Gasteiger partial charge in [-0.1, -0.05) is 5.16 Å². The van der Waals surface area contributed by atoms with Crippen molar-refractivity contribution < 1.29 is 14.1 Å². The average Bonchev–Trinajstić information content (AvgIpc) is 3.43. The van der Waals surface area contributed by atoms with E-state index in [1.165, 1.54) is 12.8 Å². The zero-order chi connectivity index (χ0) is 14.2. The van der Waals surface area contributed by atoms with Crippen molar-refractivity contribution >= 4 is 5.91 Å². The number of hydrogen-bond acceptors (Lipinski definition) is 5. The summed E-state index contributed by atoms with van der Waals surface area (Å²) in [4.78, 5) is 18.4. The van der Waals surface area contributed by atoms with Crippen LogP contribution in [0.1, 0.15) is 56.2 Å². The van der Waals surface area contributed by atoms with Crippen LogP contribution in [0.15, 0.2) is 4.52 Å². The molecular formula is C15H21N3O3. The number of piperidine rings is 1. The minimum Gasteiger partial charge on any atom is -0.367 e. The molecule has 0 bridgehead atoms. The van der Waals surface area contributed by atoms with Crippen molar-refractivity contribution in [3.8, 4) is 0 Å². The highest BCUT2D eigenvalue weighted by molar-refractivity contribution is 5.81. The number of carbonyl (C=O) groups excluding carboxylic acids is 1. The Morgan fingerprint density at radius 1 is 1.29 bits per heavy atom. The van der Waals surface area contributed by atoms with Gasteiger partial charge in [-0.3, -0.25) is 4.79 Å². The Morgan fingerprint density at radius 3 is 2.90 bits per heavy atom. The van der Waals surface area contributed by atoms with Crippen molar-refractivity contribution in [3.05, 3.63) is 11.7 Å². The molecular weight excluding hydrogens is 270 g/mol. The first kappa shape index (κ1) is 13.2. The zero-order valence-electron chi connectivity index (χ0n) is 12.2. The maximum atomic E-state index is 12.1. The van der Waals surface area contributed by atoms with Crippen molar-refractivity contribution in [2.45, 2.75) is 57.2 Å². The van der Waals surface area contributed by atoms with Crippen molar-refractivity contribution in [2.24, 2.45) is 5.92 Å². The fraction of sp³-hybridized carbons (Fsp3) is 0.800. The number of hydrogen-bond donors (Lipinski definition) is 0. The molecule has 21 heavy (non-hydrogen) atoms. The van der Waals surface area contributed by atoms with Crippen LogP contribution in [0.4, 0.5) is 0 Å². The number of ether oxygens (including phenoxy) is 1. The van der Waals surface area contributed by atoms with Gasteiger partial charge in [-0.2, -0.15) is 4.98 Å². The molecule has 1 aliphatic heterocycles. The third-order valence-corrected chi connectivity index (χ3v) is 4.49. The SMILES string of the molecule is O=C(C1CC1)N1CCCC(OCc2nc(C3CC3)no2)C1. The van der Waals surface area contributed by atoms with E-state index in [2.05, 4.69) is 10.1 Å². The lowest BCUT2D eigenvalue weighted by atomic mass is 10.1. The van der Waals surface area contributed by atoms with Crippen LogP contribution in [0.3, 0.4) is 0 Å². The van der Waals surface area contributed by atoms with Gasteiger partial charge < -0.3 is 14.2 Å². The Bertz CT molecular complexity index is 522.